The van der Waals surface area contributed by atoms with Gasteiger partial charge in [-0.1, -0.05) is 0 Å². The van der Waals surface area contributed by atoms with E-state index in [9.17, 15) is 8.78 Å². The van der Waals surface area contributed by atoms with Crippen LogP contribution in [0.3, 0.4) is 0 Å². The molecular weight excluding hydrogens is 222 g/mol. The first-order valence-electron chi connectivity index (χ1n) is 6.07. The molecule has 1 saturated heterocycles. The Bertz CT molecular complexity index is 368. The van der Waals surface area contributed by atoms with Gasteiger partial charge < -0.3 is 0 Å². The van der Waals surface area contributed by atoms with Crippen molar-refractivity contribution in [3.05, 3.63) is 29.6 Å². The van der Waals surface area contributed by atoms with Crippen LogP contribution in [-0.4, -0.2) is 29.4 Å². The van der Waals surface area contributed by atoms with Gasteiger partial charge in [0.25, 0.3) is 0 Å². The summed E-state index contributed by atoms with van der Waals surface area (Å²) in [4.78, 5) is 6.21. The van der Waals surface area contributed by atoms with Crippen LogP contribution < -0.4 is 0 Å². The number of hydrogen-bond donors (Lipinski definition) is 0. The first kappa shape index (κ1) is 12.4. The molecule has 0 aliphatic carbocycles. The van der Waals surface area contributed by atoms with Crippen molar-refractivity contribution < 1.29 is 8.78 Å². The summed E-state index contributed by atoms with van der Waals surface area (Å²) < 4.78 is 25.3. The molecule has 1 unspecified atom stereocenters. The van der Waals surface area contributed by atoms with Crippen molar-refractivity contribution >= 4 is 0 Å². The summed E-state index contributed by atoms with van der Waals surface area (Å²) in [5, 5.41) is 0. The second-order valence-electron chi connectivity index (χ2n) is 4.77. The van der Waals surface area contributed by atoms with Crippen LogP contribution in [0, 0.1) is 12.8 Å². The van der Waals surface area contributed by atoms with Crippen molar-refractivity contribution in [2.24, 2.45) is 5.92 Å². The molecule has 0 aromatic carbocycles. The summed E-state index contributed by atoms with van der Waals surface area (Å²) in [5.74, 6) is -0.458. The number of nitrogens with zero attached hydrogens (tertiary/aromatic N) is 2. The van der Waals surface area contributed by atoms with E-state index in [0.29, 0.717) is 13.0 Å². The predicted octanol–water partition coefficient (Wildman–Crippen LogP) is 2.87. The minimum atomic E-state index is -2.19. The molecular formula is C13H18F2N2. The third-order valence-electron chi connectivity index (χ3n) is 3.44. The number of pyridine rings is 1. The Balaban J connectivity index is 1.97. The lowest BCUT2D eigenvalue weighted by Crippen LogP contribution is -2.37. The third kappa shape index (κ3) is 3.22. The molecule has 1 atom stereocenters. The van der Waals surface area contributed by atoms with Crippen molar-refractivity contribution in [3.8, 4) is 0 Å². The Kier molecular flexibility index (Phi) is 4.05. The van der Waals surface area contributed by atoms with Crippen molar-refractivity contribution in [3.63, 3.8) is 0 Å². The zero-order valence-corrected chi connectivity index (χ0v) is 10.1. The Labute approximate surface area is 101 Å². The van der Waals surface area contributed by atoms with E-state index in [2.05, 4.69) is 9.88 Å². The number of halogens is 2. The average Bonchev–Trinajstić information content (AvgIpc) is 2.32. The summed E-state index contributed by atoms with van der Waals surface area (Å²) >= 11 is 0. The molecule has 1 aromatic heterocycles. The largest absolute Gasteiger partial charge is 0.299 e. The molecule has 0 amide bonds. The second-order valence-corrected chi connectivity index (χ2v) is 4.77. The van der Waals surface area contributed by atoms with Crippen LogP contribution in [0.2, 0.25) is 0 Å². The van der Waals surface area contributed by atoms with Gasteiger partial charge in [0.15, 0.2) is 0 Å². The van der Waals surface area contributed by atoms with Crippen molar-refractivity contribution in [1.29, 1.82) is 0 Å². The quantitative estimate of drug-likeness (QED) is 0.807. The molecule has 2 heterocycles. The molecule has 0 spiro atoms. The van der Waals surface area contributed by atoms with Gasteiger partial charge in [-0.05, 0) is 43.5 Å². The van der Waals surface area contributed by atoms with E-state index in [4.69, 9.17) is 0 Å². The van der Waals surface area contributed by atoms with Gasteiger partial charge in [0.2, 0.25) is 6.43 Å². The monoisotopic (exact) mass is 240 g/mol. The van der Waals surface area contributed by atoms with Crippen LogP contribution in [0.15, 0.2) is 18.5 Å². The van der Waals surface area contributed by atoms with E-state index >= 15 is 0 Å². The molecule has 0 saturated carbocycles. The molecule has 1 aliphatic rings. The lowest BCUT2D eigenvalue weighted by atomic mass is 9.98. The zero-order chi connectivity index (χ0) is 12.3. The highest BCUT2D eigenvalue weighted by Gasteiger charge is 2.26. The molecule has 0 radical (unpaired) electrons. The molecule has 2 rings (SSSR count). The second kappa shape index (κ2) is 5.54. The SMILES string of the molecule is Cc1ccncc1CN1CCCC(C(F)F)C1. The van der Waals surface area contributed by atoms with Crippen LogP contribution in [0.5, 0.6) is 0 Å². The highest BCUT2D eigenvalue weighted by Crippen LogP contribution is 2.24. The van der Waals surface area contributed by atoms with Gasteiger partial charge in [-0.15, -0.1) is 0 Å². The molecule has 94 valence electrons. The van der Waals surface area contributed by atoms with Gasteiger partial charge in [0.05, 0.1) is 0 Å². The summed E-state index contributed by atoms with van der Waals surface area (Å²) in [7, 11) is 0. The smallest absolute Gasteiger partial charge is 0.242 e. The maximum Gasteiger partial charge on any atom is 0.242 e. The van der Waals surface area contributed by atoms with E-state index in [1.165, 1.54) is 5.56 Å². The normalized spacial score (nSPS) is 22.0. The summed E-state index contributed by atoms with van der Waals surface area (Å²) in [6.07, 6.45) is 2.93. The first-order chi connectivity index (χ1) is 8.16. The van der Waals surface area contributed by atoms with Gasteiger partial charge in [-0.25, -0.2) is 8.78 Å². The number of likely N-dealkylation sites (tertiary alicyclic amines) is 1. The van der Waals surface area contributed by atoms with E-state index in [-0.39, 0.29) is 0 Å². The minimum Gasteiger partial charge on any atom is -0.299 e. The van der Waals surface area contributed by atoms with Gasteiger partial charge in [-0.3, -0.25) is 9.88 Å². The van der Waals surface area contributed by atoms with Gasteiger partial charge in [0.1, 0.15) is 0 Å². The highest BCUT2D eigenvalue weighted by molar-refractivity contribution is 5.21. The van der Waals surface area contributed by atoms with Crippen LogP contribution in [0.4, 0.5) is 8.78 Å². The molecule has 4 heteroatoms. The van der Waals surface area contributed by atoms with Gasteiger partial charge in [0, 0.05) is 31.4 Å². The summed E-state index contributed by atoms with van der Waals surface area (Å²) in [6.45, 7) is 4.19. The fraction of sp³-hybridized carbons (Fsp3) is 0.615. The molecule has 0 bridgehead atoms. The van der Waals surface area contributed by atoms with E-state index in [1.807, 2.05) is 19.2 Å². The molecule has 17 heavy (non-hydrogen) atoms. The standard InChI is InChI=1S/C13H18F2N2/c1-10-4-5-16-7-12(10)9-17-6-2-3-11(8-17)13(14)15/h4-5,7,11,13H,2-3,6,8-9H2,1H3. The van der Waals surface area contributed by atoms with Crippen LogP contribution >= 0.6 is 0 Å². The molecule has 1 fully saturated rings. The fourth-order valence-electron chi connectivity index (χ4n) is 2.34. The molecule has 0 N–H and O–H groups in total. The third-order valence-corrected chi connectivity index (χ3v) is 3.44. The minimum absolute atomic E-state index is 0.458. The van der Waals surface area contributed by atoms with Gasteiger partial charge in [-0.2, -0.15) is 0 Å². The fourth-order valence-corrected chi connectivity index (χ4v) is 2.34. The molecule has 1 aliphatic heterocycles. The maximum absolute atomic E-state index is 12.7. The topological polar surface area (TPSA) is 16.1 Å². The molecule has 2 nitrogen and oxygen atoms in total. The summed E-state index contributed by atoms with van der Waals surface area (Å²) in [5.41, 5.74) is 2.32. The van der Waals surface area contributed by atoms with Gasteiger partial charge >= 0.3 is 0 Å². The van der Waals surface area contributed by atoms with E-state index < -0.39 is 12.3 Å². The van der Waals surface area contributed by atoms with Crippen LogP contribution in [0.1, 0.15) is 24.0 Å². The van der Waals surface area contributed by atoms with Crippen molar-refractivity contribution in [2.45, 2.75) is 32.7 Å². The Morgan fingerprint density at radius 3 is 3.06 bits per heavy atom. The Morgan fingerprint density at radius 1 is 1.53 bits per heavy atom. The first-order valence-corrected chi connectivity index (χ1v) is 6.07. The number of aromatic nitrogens is 1. The maximum atomic E-state index is 12.7. The Hall–Kier alpha value is -1.03. The zero-order valence-electron chi connectivity index (χ0n) is 10.1. The van der Waals surface area contributed by atoms with E-state index in [1.54, 1.807) is 6.20 Å². The number of piperidine rings is 1. The van der Waals surface area contributed by atoms with Crippen LogP contribution in [0.25, 0.3) is 0 Å². The van der Waals surface area contributed by atoms with Crippen molar-refractivity contribution in [2.75, 3.05) is 13.1 Å². The average molecular weight is 240 g/mol. The molecule has 1 aromatic rings. The highest BCUT2D eigenvalue weighted by atomic mass is 19.3. The Morgan fingerprint density at radius 2 is 2.35 bits per heavy atom. The van der Waals surface area contributed by atoms with E-state index in [0.717, 1.165) is 25.1 Å². The number of alkyl halides is 2. The van der Waals surface area contributed by atoms with Crippen LogP contribution in [-0.2, 0) is 6.54 Å². The number of hydrogen-bond acceptors (Lipinski definition) is 2. The lowest BCUT2D eigenvalue weighted by molar-refractivity contribution is 0.0253. The summed E-state index contributed by atoms with van der Waals surface area (Å²) in [6, 6.07) is 1.96. The number of rotatable bonds is 3. The number of aryl methyl sites for hydroxylation is 1. The predicted molar refractivity (Wildman–Crippen MR) is 63.0 cm³/mol. The van der Waals surface area contributed by atoms with Crippen molar-refractivity contribution in [1.82, 2.24) is 9.88 Å². The lowest BCUT2D eigenvalue weighted by Gasteiger charge is -2.32.